The summed E-state index contributed by atoms with van der Waals surface area (Å²) in [4.78, 5) is 13.0. The summed E-state index contributed by atoms with van der Waals surface area (Å²) in [5.41, 5.74) is 10.4. The number of likely N-dealkylation sites (tertiary alicyclic amines) is 1. The normalized spacial score (nSPS) is 19.3. The topological polar surface area (TPSA) is 72.4 Å². The van der Waals surface area contributed by atoms with Gasteiger partial charge in [0.15, 0.2) is 0 Å². The highest BCUT2D eigenvalue weighted by atomic mass is 32.1. The first kappa shape index (κ1) is 8.42. The van der Waals surface area contributed by atoms with Crippen molar-refractivity contribution >= 4 is 23.1 Å². The van der Waals surface area contributed by atoms with Gasteiger partial charge in [0, 0.05) is 19.6 Å². The molecule has 5 heteroatoms. The minimum Gasteiger partial charge on any atom is -0.392 e. The van der Waals surface area contributed by atoms with Crippen LogP contribution in [0.4, 0.5) is 0 Å². The molecule has 11 heavy (non-hydrogen) atoms. The van der Waals surface area contributed by atoms with Gasteiger partial charge in [0.05, 0.1) is 10.9 Å². The maximum Gasteiger partial charge on any atom is 0.223 e. The summed E-state index contributed by atoms with van der Waals surface area (Å²) in [6, 6.07) is 0. The molecule has 1 aliphatic heterocycles. The summed E-state index contributed by atoms with van der Waals surface area (Å²) in [5.74, 6) is -0.228. The van der Waals surface area contributed by atoms with Gasteiger partial charge in [-0.15, -0.1) is 0 Å². The van der Waals surface area contributed by atoms with Gasteiger partial charge in [-0.25, -0.2) is 0 Å². The molecule has 1 rings (SSSR count). The van der Waals surface area contributed by atoms with E-state index in [4.69, 9.17) is 23.7 Å². The fourth-order valence-electron chi connectivity index (χ4n) is 1.10. The van der Waals surface area contributed by atoms with Crippen LogP contribution >= 0.6 is 12.2 Å². The number of amides is 1. The zero-order valence-corrected chi connectivity index (χ0v) is 6.93. The van der Waals surface area contributed by atoms with Gasteiger partial charge in [0.1, 0.15) is 0 Å². The molecule has 1 amide bonds. The van der Waals surface area contributed by atoms with Crippen LogP contribution in [-0.2, 0) is 4.79 Å². The van der Waals surface area contributed by atoms with E-state index in [1.807, 2.05) is 4.90 Å². The van der Waals surface area contributed by atoms with E-state index in [0.717, 1.165) is 0 Å². The highest BCUT2D eigenvalue weighted by Crippen LogP contribution is 2.13. The number of hydrogen-bond donors (Lipinski definition) is 2. The highest BCUT2D eigenvalue weighted by molar-refractivity contribution is 7.80. The van der Waals surface area contributed by atoms with Gasteiger partial charge >= 0.3 is 0 Å². The summed E-state index contributed by atoms with van der Waals surface area (Å²) < 4.78 is 0. The molecule has 0 aromatic heterocycles. The molecule has 4 nitrogen and oxygen atoms in total. The van der Waals surface area contributed by atoms with E-state index in [1.165, 1.54) is 0 Å². The minimum atomic E-state index is -0.232. The van der Waals surface area contributed by atoms with E-state index in [-0.39, 0.29) is 11.8 Å². The molecule has 62 valence electrons. The van der Waals surface area contributed by atoms with E-state index >= 15 is 0 Å². The molecule has 1 saturated heterocycles. The van der Waals surface area contributed by atoms with Crippen LogP contribution < -0.4 is 11.5 Å². The summed E-state index contributed by atoms with van der Waals surface area (Å²) in [7, 11) is 0. The van der Waals surface area contributed by atoms with Crippen molar-refractivity contribution in [1.29, 1.82) is 0 Å². The number of primary amides is 1. The van der Waals surface area contributed by atoms with Gasteiger partial charge < -0.3 is 11.5 Å². The second kappa shape index (κ2) is 3.15. The maximum atomic E-state index is 10.5. The van der Waals surface area contributed by atoms with E-state index in [9.17, 15) is 4.79 Å². The van der Waals surface area contributed by atoms with Crippen molar-refractivity contribution in [3.63, 3.8) is 0 Å². The highest BCUT2D eigenvalue weighted by Gasteiger charge is 2.30. The Labute approximate surface area is 70.5 Å². The predicted molar refractivity (Wildman–Crippen MR) is 45.9 cm³/mol. The lowest BCUT2D eigenvalue weighted by atomic mass is 10.00. The summed E-state index contributed by atoms with van der Waals surface area (Å²) in [5, 5.41) is 0. The molecule has 1 aliphatic rings. The Morgan fingerprint density at radius 3 is 2.45 bits per heavy atom. The molecule has 1 fully saturated rings. The average Bonchev–Trinajstić information content (AvgIpc) is 1.75. The van der Waals surface area contributed by atoms with Gasteiger partial charge in [-0.05, 0) is 0 Å². The maximum absolute atomic E-state index is 10.5. The monoisotopic (exact) mass is 173 g/mol. The third-order valence-electron chi connectivity index (χ3n) is 1.74. The summed E-state index contributed by atoms with van der Waals surface area (Å²) in [6.45, 7) is 2.00. The molecular formula is C6H11N3OS. The van der Waals surface area contributed by atoms with Crippen molar-refractivity contribution in [2.24, 2.45) is 17.4 Å². The van der Waals surface area contributed by atoms with Crippen LogP contribution in [-0.4, -0.2) is 35.4 Å². The molecule has 0 aromatic rings. The standard InChI is InChI=1S/C6H11N3OS/c7-5(11)3-9-1-4(2-9)6(8)10/h4H,1-3H2,(H2,7,11)(H2,8,10). The largest absolute Gasteiger partial charge is 0.392 e. The first-order valence-electron chi connectivity index (χ1n) is 3.39. The first-order chi connectivity index (χ1) is 5.09. The Hall–Kier alpha value is -0.680. The SMILES string of the molecule is NC(=O)C1CN(CC(N)=S)C1. The molecular weight excluding hydrogens is 162 g/mol. The Kier molecular flexibility index (Phi) is 2.41. The van der Waals surface area contributed by atoms with E-state index in [0.29, 0.717) is 24.6 Å². The van der Waals surface area contributed by atoms with Crippen LogP contribution in [0.2, 0.25) is 0 Å². The zero-order valence-electron chi connectivity index (χ0n) is 6.12. The van der Waals surface area contributed by atoms with Crippen molar-refractivity contribution in [2.45, 2.75) is 0 Å². The van der Waals surface area contributed by atoms with Crippen molar-refractivity contribution in [3.05, 3.63) is 0 Å². The van der Waals surface area contributed by atoms with Crippen LogP contribution in [0.3, 0.4) is 0 Å². The molecule has 0 bridgehead atoms. The average molecular weight is 173 g/mol. The Morgan fingerprint density at radius 1 is 1.55 bits per heavy atom. The molecule has 4 N–H and O–H groups in total. The van der Waals surface area contributed by atoms with Crippen molar-refractivity contribution < 1.29 is 4.79 Å². The van der Waals surface area contributed by atoms with Gasteiger partial charge in [0.2, 0.25) is 5.91 Å². The fourth-order valence-corrected chi connectivity index (χ4v) is 1.28. The second-order valence-corrected chi connectivity index (χ2v) is 3.28. The molecule has 0 radical (unpaired) electrons. The summed E-state index contributed by atoms with van der Waals surface area (Å²) >= 11 is 4.70. The molecule has 0 aliphatic carbocycles. The number of carbonyl (C=O) groups is 1. The van der Waals surface area contributed by atoms with Crippen molar-refractivity contribution in [2.75, 3.05) is 19.6 Å². The van der Waals surface area contributed by atoms with Gasteiger partial charge in [-0.2, -0.15) is 0 Å². The Morgan fingerprint density at radius 2 is 2.09 bits per heavy atom. The van der Waals surface area contributed by atoms with Gasteiger partial charge in [-0.1, -0.05) is 12.2 Å². The Balaban J connectivity index is 2.19. The number of nitrogens with two attached hydrogens (primary N) is 2. The second-order valence-electron chi connectivity index (χ2n) is 2.76. The van der Waals surface area contributed by atoms with Crippen LogP contribution in [0.25, 0.3) is 0 Å². The van der Waals surface area contributed by atoms with Crippen LogP contribution in [0, 0.1) is 5.92 Å². The lowest BCUT2D eigenvalue weighted by Gasteiger charge is -2.36. The van der Waals surface area contributed by atoms with Crippen LogP contribution in [0.15, 0.2) is 0 Å². The zero-order chi connectivity index (χ0) is 8.43. The van der Waals surface area contributed by atoms with Crippen LogP contribution in [0.5, 0.6) is 0 Å². The third-order valence-corrected chi connectivity index (χ3v) is 1.87. The number of nitrogens with zero attached hydrogens (tertiary/aromatic N) is 1. The lowest BCUT2D eigenvalue weighted by molar-refractivity contribution is -0.126. The molecule has 0 saturated carbocycles. The third kappa shape index (κ3) is 2.13. The smallest absolute Gasteiger partial charge is 0.223 e. The van der Waals surface area contributed by atoms with E-state index in [2.05, 4.69) is 0 Å². The number of thiocarbonyl (C=S) groups is 1. The molecule has 0 aromatic carbocycles. The first-order valence-corrected chi connectivity index (χ1v) is 3.80. The molecule has 0 atom stereocenters. The minimum absolute atomic E-state index is 0.00403. The Bertz CT molecular complexity index is 188. The van der Waals surface area contributed by atoms with Crippen molar-refractivity contribution in [3.8, 4) is 0 Å². The predicted octanol–water partition coefficient (Wildman–Crippen LogP) is -1.31. The fraction of sp³-hybridized carbons (Fsp3) is 0.667. The quantitative estimate of drug-likeness (QED) is 0.520. The number of hydrogen-bond acceptors (Lipinski definition) is 3. The number of rotatable bonds is 3. The molecule has 0 unspecified atom stereocenters. The number of carbonyl (C=O) groups excluding carboxylic acids is 1. The van der Waals surface area contributed by atoms with Crippen LogP contribution in [0.1, 0.15) is 0 Å². The van der Waals surface area contributed by atoms with Gasteiger partial charge in [-0.3, -0.25) is 9.69 Å². The van der Waals surface area contributed by atoms with Crippen molar-refractivity contribution in [1.82, 2.24) is 4.90 Å². The molecule has 0 spiro atoms. The van der Waals surface area contributed by atoms with Gasteiger partial charge in [0.25, 0.3) is 0 Å². The molecule has 1 heterocycles. The van der Waals surface area contributed by atoms with E-state index in [1.54, 1.807) is 0 Å². The summed E-state index contributed by atoms with van der Waals surface area (Å²) in [6.07, 6.45) is 0. The van der Waals surface area contributed by atoms with E-state index < -0.39 is 0 Å². The lowest BCUT2D eigenvalue weighted by Crippen LogP contribution is -2.54.